The number of rotatable bonds is 4. The summed E-state index contributed by atoms with van der Waals surface area (Å²) in [6.45, 7) is 4.52. The highest BCUT2D eigenvalue weighted by Gasteiger charge is 2.40. The molecule has 28 heavy (non-hydrogen) atoms. The fraction of sp³-hybridized carbons (Fsp3) is 0.364. The number of amides is 1. The minimum absolute atomic E-state index is 0.113. The van der Waals surface area contributed by atoms with Gasteiger partial charge in [0.15, 0.2) is 5.76 Å². The molecule has 5 heterocycles. The van der Waals surface area contributed by atoms with E-state index in [1.54, 1.807) is 12.3 Å². The summed E-state index contributed by atoms with van der Waals surface area (Å²) in [5, 5.41) is 3.23. The molecule has 144 valence electrons. The molecule has 1 amide bonds. The molecule has 6 rings (SSSR count). The Morgan fingerprint density at radius 3 is 2.54 bits per heavy atom. The van der Waals surface area contributed by atoms with Crippen molar-refractivity contribution in [2.45, 2.75) is 31.8 Å². The van der Waals surface area contributed by atoms with E-state index in [4.69, 9.17) is 4.42 Å². The highest BCUT2D eigenvalue weighted by Crippen LogP contribution is 2.33. The second kappa shape index (κ2) is 7.18. The van der Waals surface area contributed by atoms with E-state index in [1.165, 1.54) is 24.4 Å². The van der Waals surface area contributed by atoms with Crippen LogP contribution in [-0.2, 0) is 0 Å². The molecule has 0 radical (unpaired) electrons. The van der Waals surface area contributed by atoms with E-state index in [0.29, 0.717) is 23.5 Å². The Bertz CT molecular complexity index is 954. The average Bonchev–Trinajstić information content (AvgIpc) is 3.43. The van der Waals surface area contributed by atoms with Crippen molar-refractivity contribution in [2.75, 3.05) is 13.1 Å². The lowest BCUT2D eigenvalue weighted by Gasteiger charge is -2.49. The lowest BCUT2D eigenvalue weighted by molar-refractivity contribution is 0.0211. The van der Waals surface area contributed by atoms with Crippen molar-refractivity contribution in [1.82, 2.24) is 14.6 Å². The Morgan fingerprint density at radius 1 is 1.11 bits per heavy atom. The monoisotopic (exact) mass is 393 g/mol. The summed E-state index contributed by atoms with van der Waals surface area (Å²) in [6, 6.07) is 14.4. The number of piperidine rings is 3. The van der Waals surface area contributed by atoms with Gasteiger partial charge < -0.3 is 9.73 Å². The zero-order valence-electron chi connectivity index (χ0n) is 15.8. The molecule has 2 bridgehead atoms. The number of hydrogen-bond acceptors (Lipinski definition) is 5. The predicted octanol–water partition coefficient (Wildman–Crippen LogP) is 4.28. The van der Waals surface area contributed by atoms with Gasteiger partial charge in [-0.15, -0.1) is 0 Å². The average molecular weight is 394 g/mol. The number of carbonyl (C=O) groups excluding carboxylic acids is 1. The third-order valence-electron chi connectivity index (χ3n) is 6.20. The topological polar surface area (TPSA) is 58.4 Å². The van der Waals surface area contributed by atoms with Crippen molar-refractivity contribution in [1.29, 1.82) is 0 Å². The van der Waals surface area contributed by atoms with Gasteiger partial charge >= 0.3 is 0 Å². The van der Waals surface area contributed by atoms with Crippen LogP contribution in [0.25, 0.3) is 21.8 Å². The van der Waals surface area contributed by atoms with Gasteiger partial charge in [-0.05, 0) is 74.1 Å². The lowest BCUT2D eigenvalue weighted by atomic mass is 9.79. The van der Waals surface area contributed by atoms with Gasteiger partial charge in [-0.3, -0.25) is 9.69 Å². The summed E-state index contributed by atoms with van der Waals surface area (Å²) in [4.78, 5) is 16.4. The molecule has 3 aliphatic rings. The quantitative estimate of drug-likeness (QED) is 0.719. The number of nitrogens with zero attached hydrogens (tertiary/aromatic N) is 2. The molecule has 2 atom stereocenters. The molecule has 3 aromatic rings. The standard InChI is InChI=1S/C22H23N3O2S/c1-14-21(17-9-12-25(14)13-10-17)24-22(26)19-7-6-18(27-19)15-2-4-16(5-3-15)20-8-11-23-28-20/h2-8,11,14,17,21H,9-10,12-13H2,1H3,(H,24,26). The van der Waals surface area contributed by atoms with Crippen LogP contribution in [-0.4, -0.2) is 40.4 Å². The first-order valence-electron chi connectivity index (χ1n) is 9.85. The molecule has 3 saturated heterocycles. The highest BCUT2D eigenvalue weighted by molar-refractivity contribution is 7.09. The first-order chi connectivity index (χ1) is 13.7. The maximum absolute atomic E-state index is 12.8. The molecule has 3 aliphatic heterocycles. The Hall–Kier alpha value is -2.44. The number of carbonyl (C=O) groups is 1. The molecule has 3 fully saturated rings. The predicted molar refractivity (Wildman–Crippen MR) is 110 cm³/mol. The van der Waals surface area contributed by atoms with Crippen LogP contribution in [0.5, 0.6) is 0 Å². The second-order valence-electron chi connectivity index (χ2n) is 7.73. The van der Waals surface area contributed by atoms with Crippen LogP contribution < -0.4 is 5.32 Å². The maximum Gasteiger partial charge on any atom is 0.287 e. The number of hydrogen-bond donors (Lipinski definition) is 1. The number of fused-ring (bicyclic) bond motifs is 3. The van der Waals surface area contributed by atoms with Gasteiger partial charge in [0.05, 0.1) is 4.88 Å². The van der Waals surface area contributed by atoms with E-state index in [9.17, 15) is 4.79 Å². The third-order valence-corrected chi connectivity index (χ3v) is 6.99. The SMILES string of the molecule is CC1C(NC(=O)c2ccc(-c3ccc(-c4ccns4)cc3)o2)C2CCN1CC2. The van der Waals surface area contributed by atoms with Gasteiger partial charge in [-0.2, -0.15) is 0 Å². The number of furan rings is 1. The molecule has 0 aliphatic carbocycles. The second-order valence-corrected chi connectivity index (χ2v) is 8.56. The molecule has 1 aromatic carbocycles. The largest absolute Gasteiger partial charge is 0.451 e. The van der Waals surface area contributed by atoms with Crippen LogP contribution in [0.15, 0.2) is 53.1 Å². The smallest absolute Gasteiger partial charge is 0.287 e. The van der Waals surface area contributed by atoms with Crippen molar-refractivity contribution < 1.29 is 9.21 Å². The van der Waals surface area contributed by atoms with Gasteiger partial charge in [0.25, 0.3) is 5.91 Å². The summed E-state index contributed by atoms with van der Waals surface area (Å²) in [7, 11) is 0. The third kappa shape index (κ3) is 3.16. The first kappa shape index (κ1) is 17.6. The fourth-order valence-electron chi connectivity index (χ4n) is 4.55. The number of aromatic nitrogens is 1. The van der Waals surface area contributed by atoms with Gasteiger partial charge in [0, 0.05) is 23.8 Å². The van der Waals surface area contributed by atoms with Crippen molar-refractivity contribution in [3.05, 3.63) is 54.4 Å². The Kier molecular flexibility index (Phi) is 4.53. The summed E-state index contributed by atoms with van der Waals surface area (Å²) in [5.41, 5.74) is 2.09. The molecule has 1 N–H and O–H groups in total. The van der Waals surface area contributed by atoms with Gasteiger partial charge in [0.2, 0.25) is 0 Å². The number of benzene rings is 1. The van der Waals surface area contributed by atoms with Crippen LogP contribution in [0.3, 0.4) is 0 Å². The summed E-state index contributed by atoms with van der Waals surface area (Å²) >= 11 is 1.48. The van der Waals surface area contributed by atoms with Crippen LogP contribution >= 0.6 is 11.5 Å². The molecule has 2 aromatic heterocycles. The van der Waals surface area contributed by atoms with Crippen LogP contribution in [0.4, 0.5) is 0 Å². The summed E-state index contributed by atoms with van der Waals surface area (Å²) in [6.07, 6.45) is 4.15. The molecule has 0 saturated carbocycles. The first-order valence-corrected chi connectivity index (χ1v) is 10.6. The highest BCUT2D eigenvalue weighted by atomic mass is 32.1. The van der Waals surface area contributed by atoms with E-state index < -0.39 is 0 Å². The van der Waals surface area contributed by atoms with Crippen LogP contribution in [0.2, 0.25) is 0 Å². The Labute approximate surface area is 168 Å². The normalized spacial score (nSPS) is 26.3. The van der Waals surface area contributed by atoms with Gasteiger partial charge in [-0.1, -0.05) is 24.3 Å². The van der Waals surface area contributed by atoms with E-state index in [-0.39, 0.29) is 11.9 Å². The van der Waals surface area contributed by atoms with Crippen LogP contribution in [0.1, 0.15) is 30.3 Å². The van der Waals surface area contributed by atoms with E-state index in [2.05, 4.69) is 33.6 Å². The molecule has 5 nitrogen and oxygen atoms in total. The minimum atomic E-state index is -0.113. The molecular formula is C22H23N3O2S. The van der Waals surface area contributed by atoms with Crippen LogP contribution in [0, 0.1) is 5.92 Å². The minimum Gasteiger partial charge on any atom is -0.451 e. The lowest BCUT2D eigenvalue weighted by Crippen LogP contribution is -2.62. The Balaban J connectivity index is 1.30. The molecule has 6 heteroatoms. The summed E-state index contributed by atoms with van der Waals surface area (Å²) < 4.78 is 10.0. The molecule has 0 spiro atoms. The zero-order valence-corrected chi connectivity index (χ0v) is 16.6. The van der Waals surface area contributed by atoms with Crippen molar-refractivity contribution >= 4 is 17.4 Å². The Morgan fingerprint density at radius 2 is 1.86 bits per heavy atom. The maximum atomic E-state index is 12.8. The van der Waals surface area contributed by atoms with Crippen molar-refractivity contribution in [3.63, 3.8) is 0 Å². The van der Waals surface area contributed by atoms with Crippen molar-refractivity contribution in [3.8, 4) is 21.8 Å². The fourth-order valence-corrected chi connectivity index (χ4v) is 5.14. The molecular weight excluding hydrogens is 370 g/mol. The van der Waals surface area contributed by atoms with Crippen molar-refractivity contribution in [2.24, 2.45) is 5.92 Å². The van der Waals surface area contributed by atoms with E-state index in [1.807, 2.05) is 24.3 Å². The van der Waals surface area contributed by atoms with E-state index >= 15 is 0 Å². The van der Waals surface area contributed by atoms with Gasteiger partial charge in [0.1, 0.15) is 5.76 Å². The zero-order chi connectivity index (χ0) is 19.1. The molecule has 2 unspecified atom stereocenters. The summed E-state index contributed by atoms with van der Waals surface area (Å²) in [5.74, 6) is 1.56. The van der Waals surface area contributed by atoms with E-state index in [0.717, 1.165) is 29.1 Å². The number of nitrogens with one attached hydrogen (secondary N) is 1. The van der Waals surface area contributed by atoms with Gasteiger partial charge in [-0.25, -0.2) is 4.37 Å².